The molecule has 0 aromatic heterocycles. The fourth-order valence-corrected chi connectivity index (χ4v) is 2.70. The topological polar surface area (TPSA) is 0 Å². The van der Waals surface area contributed by atoms with Crippen molar-refractivity contribution in [1.29, 1.82) is 0 Å². The van der Waals surface area contributed by atoms with E-state index in [1.807, 2.05) is 0 Å². The van der Waals surface area contributed by atoms with E-state index < -0.39 is 0 Å². The van der Waals surface area contributed by atoms with Crippen LogP contribution < -0.4 is 0 Å². The van der Waals surface area contributed by atoms with Crippen LogP contribution in [0.15, 0.2) is 10.2 Å². The lowest BCUT2D eigenvalue weighted by molar-refractivity contribution is 0.540. The first-order valence-corrected chi connectivity index (χ1v) is 9.41. The fourth-order valence-electron chi connectivity index (χ4n) is 2.34. The number of hydrogen-bond donors (Lipinski definition) is 0. The molecule has 0 rings (SSSR count). The maximum absolute atomic E-state index is 2.30. The third-order valence-corrected chi connectivity index (χ3v) is 4.07. The van der Waals surface area contributed by atoms with Gasteiger partial charge in [0, 0.05) is 0 Å². The van der Waals surface area contributed by atoms with Gasteiger partial charge >= 0.3 is 0 Å². The van der Waals surface area contributed by atoms with Crippen molar-refractivity contribution in [2.24, 2.45) is 0 Å². The van der Waals surface area contributed by atoms with E-state index in [1.54, 1.807) is 0 Å². The second-order valence-electron chi connectivity index (χ2n) is 5.39. The first-order valence-electron chi connectivity index (χ1n) is 8.17. The van der Waals surface area contributed by atoms with Crippen molar-refractivity contribution in [2.45, 2.75) is 96.8 Å². The van der Waals surface area contributed by atoms with Crippen LogP contribution in [0, 0.1) is 0 Å². The van der Waals surface area contributed by atoms with E-state index in [0.29, 0.717) is 0 Å². The van der Waals surface area contributed by atoms with E-state index in [0.717, 1.165) is 0 Å². The Bertz CT molecular complexity index is 163. The van der Waals surface area contributed by atoms with Crippen LogP contribution in [-0.4, -0.2) is 0 Å². The highest BCUT2D eigenvalue weighted by Crippen LogP contribution is 2.13. The van der Waals surface area contributed by atoms with Crippen LogP contribution in [0.4, 0.5) is 0 Å². The molecule has 0 amide bonds. The SMILES string of the molecule is CCCCCCCCCCCCCCC/C=C/I. The van der Waals surface area contributed by atoms with Crippen molar-refractivity contribution in [3.8, 4) is 0 Å². The Kier molecular flexibility index (Phi) is 17.9. The third-order valence-electron chi connectivity index (χ3n) is 3.56. The van der Waals surface area contributed by atoms with Gasteiger partial charge < -0.3 is 0 Å². The van der Waals surface area contributed by atoms with Crippen molar-refractivity contribution in [1.82, 2.24) is 0 Å². The molecule has 0 spiro atoms. The molecule has 0 fully saturated rings. The molecule has 0 atom stereocenters. The molecule has 0 aliphatic heterocycles. The van der Waals surface area contributed by atoms with Crippen molar-refractivity contribution < 1.29 is 0 Å². The van der Waals surface area contributed by atoms with Gasteiger partial charge in [-0.1, -0.05) is 113 Å². The van der Waals surface area contributed by atoms with Gasteiger partial charge in [-0.25, -0.2) is 0 Å². The van der Waals surface area contributed by atoms with Gasteiger partial charge in [-0.15, -0.1) is 0 Å². The van der Waals surface area contributed by atoms with Gasteiger partial charge in [0.25, 0.3) is 0 Å². The van der Waals surface area contributed by atoms with Gasteiger partial charge in [0.15, 0.2) is 0 Å². The predicted molar refractivity (Wildman–Crippen MR) is 93.5 cm³/mol. The number of rotatable bonds is 14. The van der Waals surface area contributed by atoms with Crippen LogP contribution in [0.5, 0.6) is 0 Å². The van der Waals surface area contributed by atoms with Gasteiger partial charge in [0.05, 0.1) is 0 Å². The molecule has 0 aliphatic carbocycles. The first kappa shape index (κ1) is 18.5. The minimum absolute atomic E-state index is 1.28. The Morgan fingerprint density at radius 2 is 1.00 bits per heavy atom. The zero-order chi connectivity index (χ0) is 13.3. The van der Waals surface area contributed by atoms with Crippen LogP contribution in [0.1, 0.15) is 96.8 Å². The van der Waals surface area contributed by atoms with E-state index in [4.69, 9.17) is 0 Å². The molecule has 0 nitrogen and oxygen atoms in total. The summed E-state index contributed by atoms with van der Waals surface area (Å²) in [6.45, 7) is 2.29. The van der Waals surface area contributed by atoms with Crippen molar-refractivity contribution in [3.63, 3.8) is 0 Å². The molecule has 0 aromatic carbocycles. The Hall–Kier alpha value is 0.470. The predicted octanol–water partition coefficient (Wildman–Crippen LogP) is 7.42. The highest BCUT2D eigenvalue weighted by Gasteiger charge is 1.93. The number of hydrogen-bond acceptors (Lipinski definition) is 0. The summed E-state index contributed by atoms with van der Waals surface area (Å²) in [7, 11) is 0. The van der Waals surface area contributed by atoms with Crippen molar-refractivity contribution in [2.75, 3.05) is 0 Å². The summed E-state index contributed by atoms with van der Waals surface area (Å²) in [5.41, 5.74) is 0. The van der Waals surface area contributed by atoms with Crippen LogP contribution >= 0.6 is 22.6 Å². The Morgan fingerprint density at radius 1 is 0.611 bits per heavy atom. The third kappa shape index (κ3) is 16.5. The summed E-state index contributed by atoms with van der Waals surface area (Å²) in [6, 6.07) is 0. The first-order chi connectivity index (χ1) is 8.91. The molecule has 0 N–H and O–H groups in total. The lowest BCUT2D eigenvalue weighted by Gasteiger charge is -2.02. The summed E-state index contributed by atoms with van der Waals surface area (Å²) in [5, 5.41) is 0. The summed E-state index contributed by atoms with van der Waals surface area (Å²) >= 11 is 2.30. The standard InChI is InChI=1S/C17H33I/c1-2-3-4-5-6-7-8-9-10-11-12-13-14-15-16-17-18/h16-17H,2-15H2,1H3/b17-16+. The highest BCUT2D eigenvalue weighted by molar-refractivity contribution is 14.1. The van der Waals surface area contributed by atoms with Crippen LogP contribution in [-0.2, 0) is 0 Å². The number of halogens is 1. The summed E-state index contributed by atoms with van der Waals surface area (Å²) in [4.78, 5) is 0. The van der Waals surface area contributed by atoms with Crippen LogP contribution in [0.2, 0.25) is 0 Å². The summed E-state index contributed by atoms with van der Waals surface area (Å²) < 4.78 is 2.14. The van der Waals surface area contributed by atoms with Gasteiger partial charge in [-0.2, -0.15) is 0 Å². The molecule has 0 bridgehead atoms. The monoisotopic (exact) mass is 364 g/mol. The molecular formula is C17H33I. The molecule has 0 saturated heterocycles. The van der Waals surface area contributed by atoms with Crippen molar-refractivity contribution in [3.05, 3.63) is 10.2 Å². The second kappa shape index (κ2) is 17.5. The largest absolute Gasteiger partial charge is 0.0785 e. The smallest absolute Gasteiger partial charge is 0.0274 e. The Labute approximate surface area is 129 Å². The van der Waals surface area contributed by atoms with E-state index in [2.05, 4.69) is 39.7 Å². The number of unbranched alkanes of at least 4 members (excludes halogenated alkanes) is 13. The van der Waals surface area contributed by atoms with E-state index >= 15 is 0 Å². The lowest BCUT2D eigenvalue weighted by Crippen LogP contribution is -1.82. The van der Waals surface area contributed by atoms with Gasteiger partial charge in [0.2, 0.25) is 0 Å². The average Bonchev–Trinajstić information content (AvgIpc) is 2.39. The second-order valence-corrected chi connectivity index (χ2v) is 6.11. The van der Waals surface area contributed by atoms with E-state index in [9.17, 15) is 0 Å². The number of allylic oxidation sites excluding steroid dienone is 1. The molecule has 18 heavy (non-hydrogen) atoms. The van der Waals surface area contributed by atoms with Crippen LogP contribution in [0.3, 0.4) is 0 Å². The van der Waals surface area contributed by atoms with Gasteiger partial charge in [-0.05, 0) is 16.9 Å². The highest BCUT2D eigenvalue weighted by atomic mass is 127. The molecule has 0 aliphatic rings. The summed E-state index contributed by atoms with van der Waals surface area (Å²) in [6.07, 6.45) is 22.4. The van der Waals surface area contributed by atoms with E-state index in [1.165, 1.54) is 89.9 Å². The average molecular weight is 364 g/mol. The molecule has 0 aromatic rings. The quantitative estimate of drug-likeness (QED) is 0.222. The summed E-state index contributed by atoms with van der Waals surface area (Å²) in [5.74, 6) is 0. The Morgan fingerprint density at radius 3 is 1.39 bits per heavy atom. The fraction of sp³-hybridized carbons (Fsp3) is 0.882. The molecule has 0 unspecified atom stereocenters. The van der Waals surface area contributed by atoms with Gasteiger partial charge in [0.1, 0.15) is 0 Å². The maximum Gasteiger partial charge on any atom is -0.0274 e. The lowest BCUT2D eigenvalue weighted by atomic mass is 10.0. The zero-order valence-electron chi connectivity index (χ0n) is 12.4. The van der Waals surface area contributed by atoms with E-state index in [-0.39, 0.29) is 0 Å². The maximum atomic E-state index is 2.30. The molecule has 0 radical (unpaired) electrons. The zero-order valence-corrected chi connectivity index (χ0v) is 14.6. The molecular weight excluding hydrogens is 331 g/mol. The molecule has 0 saturated carbocycles. The minimum Gasteiger partial charge on any atom is -0.0785 e. The molecule has 108 valence electrons. The Balaban J connectivity index is 2.90. The molecule has 0 heterocycles. The molecule has 1 heteroatoms. The van der Waals surface area contributed by atoms with Gasteiger partial charge in [-0.3, -0.25) is 0 Å². The minimum atomic E-state index is 1.28. The van der Waals surface area contributed by atoms with Crippen molar-refractivity contribution >= 4 is 22.6 Å². The normalized spacial score (nSPS) is 11.4. The van der Waals surface area contributed by atoms with Crippen LogP contribution in [0.25, 0.3) is 0 Å².